The monoisotopic (exact) mass is 259 g/mol. The Kier molecular flexibility index (Phi) is 3.97. The largest absolute Gasteiger partial charge is 0.508 e. The molecular formula is C10H13NO5S. The second-order valence-electron chi connectivity index (χ2n) is 3.16. The van der Waals surface area contributed by atoms with Crippen molar-refractivity contribution in [1.29, 1.82) is 0 Å². The van der Waals surface area contributed by atoms with E-state index in [4.69, 9.17) is 14.6 Å². The molecule has 0 spiro atoms. The van der Waals surface area contributed by atoms with E-state index in [1.165, 1.54) is 32.4 Å². The minimum absolute atomic E-state index is 0.0496. The topological polar surface area (TPSA) is 98.8 Å². The number of primary sulfonamides is 1. The van der Waals surface area contributed by atoms with E-state index in [2.05, 4.69) is 0 Å². The van der Waals surface area contributed by atoms with E-state index in [1.807, 2.05) is 0 Å². The normalized spacial score (nSPS) is 11.7. The predicted octanol–water partition coefficient (Wildman–Crippen LogP) is 0.669. The molecule has 1 aromatic carbocycles. The number of nitrogens with two attached hydrogens (primary N) is 1. The van der Waals surface area contributed by atoms with Crippen molar-refractivity contribution in [2.75, 3.05) is 14.2 Å². The van der Waals surface area contributed by atoms with Crippen LogP contribution >= 0.6 is 0 Å². The third-order valence-corrected chi connectivity index (χ3v) is 2.47. The van der Waals surface area contributed by atoms with Crippen LogP contribution in [-0.2, 0) is 10.0 Å². The van der Waals surface area contributed by atoms with Gasteiger partial charge >= 0.3 is 0 Å². The van der Waals surface area contributed by atoms with Gasteiger partial charge in [-0.25, -0.2) is 13.6 Å². The van der Waals surface area contributed by atoms with Crippen LogP contribution in [-0.4, -0.2) is 27.7 Å². The highest BCUT2D eigenvalue weighted by Gasteiger charge is 2.10. The molecule has 0 saturated heterocycles. The number of hydrogen-bond donors (Lipinski definition) is 2. The molecule has 0 radical (unpaired) electrons. The van der Waals surface area contributed by atoms with E-state index in [-0.39, 0.29) is 17.2 Å². The first-order chi connectivity index (χ1) is 7.87. The van der Waals surface area contributed by atoms with Gasteiger partial charge in [0.1, 0.15) is 17.2 Å². The quantitative estimate of drug-likeness (QED) is 0.828. The van der Waals surface area contributed by atoms with Crippen LogP contribution in [0, 0.1) is 0 Å². The average Bonchev–Trinajstić information content (AvgIpc) is 2.24. The molecule has 0 saturated carbocycles. The summed E-state index contributed by atoms with van der Waals surface area (Å²) in [6.45, 7) is 0. The van der Waals surface area contributed by atoms with E-state index < -0.39 is 10.0 Å². The Hall–Kier alpha value is -1.73. The molecule has 7 heteroatoms. The number of hydrogen-bond acceptors (Lipinski definition) is 5. The molecule has 1 aromatic rings. The van der Waals surface area contributed by atoms with Crippen LogP contribution in [0.3, 0.4) is 0 Å². The Morgan fingerprint density at radius 2 is 1.71 bits per heavy atom. The molecule has 0 aromatic heterocycles. The Labute approximate surface area is 99.3 Å². The lowest BCUT2D eigenvalue weighted by atomic mass is 10.1. The van der Waals surface area contributed by atoms with E-state index in [0.29, 0.717) is 5.56 Å². The van der Waals surface area contributed by atoms with Crippen LogP contribution in [0.15, 0.2) is 17.5 Å². The Morgan fingerprint density at radius 1 is 1.24 bits per heavy atom. The van der Waals surface area contributed by atoms with E-state index in [0.717, 1.165) is 5.41 Å². The van der Waals surface area contributed by atoms with E-state index in [9.17, 15) is 13.5 Å². The highest BCUT2D eigenvalue weighted by molar-refractivity contribution is 7.92. The van der Waals surface area contributed by atoms with Crippen LogP contribution in [0.2, 0.25) is 0 Å². The van der Waals surface area contributed by atoms with Crippen molar-refractivity contribution < 1.29 is 23.0 Å². The average molecular weight is 259 g/mol. The van der Waals surface area contributed by atoms with Crippen LogP contribution in [0.1, 0.15) is 5.56 Å². The molecular weight excluding hydrogens is 246 g/mol. The molecule has 0 aliphatic carbocycles. The predicted molar refractivity (Wildman–Crippen MR) is 63.4 cm³/mol. The van der Waals surface area contributed by atoms with Gasteiger partial charge in [0, 0.05) is 17.5 Å². The number of benzene rings is 1. The highest BCUT2D eigenvalue weighted by Crippen LogP contribution is 2.34. The summed E-state index contributed by atoms with van der Waals surface area (Å²) in [6, 6.07) is 2.68. The summed E-state index contributed by atoms with van der Waals surface area (Å²) in [5.74, 6) is 0.509. The van der Waals surface area contributed by atoms with Crippen molar-refractivity contribution in [3.05, 3.63) is 23.1 Å². The molecule has 0 atom stereocenters. The third-order valence-electron chi connectivity index (χ3n) is 1.95. The molecule has 0 aliphatic heterocycles. The molecule has 0 unspecified atom stereocenters. The first kappa shape index (κ1) is 13.3. The molecule has 0 fully saturated rings. The molecule has 3 N–H and O–H groups in total. The number of aromatic hydroxyl groups is 1. The summed E-state index contributed by atoms with van der Waals surface area (Å²) in [5, 5.41) is 15.1. The summed E-state index contributed by atoms with van der Waals surface area (Å²) in [7, 11) is -0.954. The van der Waals surface area contributed by atoms with Gasteiger partial charge in [0.15, 0.2) is 0 Å². The summed E-state index contributed by atoms with van der Waals surface area (Å²) in [6.07, 6.45) is 1.24. The van der Waals surface area contributed by atoms with E-state index >= 15 is 0 Å². The Bertz CT molecular complexity index is 511. The number of ether oxygens (including phenoxy) is 2. The maximum atomic E-state index is 10.8. The van der Waals surface area contributed by atoms with Gasteiger partial charge in [0.05, 0.1) is 19.8 Å². The van der Waals surface area contributed by atoms with Gasteiger partial charge in [0.2, 0.25) is 10.0 Å². The lowest BCUT2D eigenvalue weighted by Crippen LogP contribution is -2.06. The van der Waals surface area contributed by atoms with Gasteiger partial charge in [0.25, 0.3) is 0 Å². The minimum Gasteiger partial charge on any atom is -0.508 e. The zero-order valence-electron chi connectivity index (χ0n) is 9.38. The lowest BCUT2D eigenvalue weighted by Gasteiger charge is -2.10. The van der Waals surface area contributed by atoms with Gasteiger partial charge in [-0.3, -0.25) is 0 Å². The zero-order chi connectivity index (χ0) is 13.1. The van der Waals surface area contributed by atoms with Crippen molar-refractivity contribution in [1.82, 2.24) is 0 Å². The molecule has 0 amide bonds. The van der Waals surface area contributed by atoms with Crippen molar-refractivity contribution in [3.63, 3.8) is 0 Å². The van der Waals surface area contributed by atoms with Crippen LogP contribution in [0.4, 0.5) is 0 Å². The SMILES string of the molecule is COc1cc(O)cc(OC)c1/C=C/S(N)(=O)=O. The van der Waals surface area contributed by atoms with Crippen molar-refractivity contribution >= 4 is 16.1 Å². The first-order valence-corrected chi connectivity index (χ1v) is 6.14. The molecule has 1 rings (SSSR count). The van der Waals surface area contributed by atoms with Gasteiger partial charge in [-0.15, -0.1) is 0 Å². The summed E-state index contributed by atoms with van der Waals surface area (Å²) in [4.78, 5) is 0. The molecule has 0 bridgehead atoms. The van der Waals surface area contributed by atoms with Crippen molar-refractivity contribution in [2.45, 2.75) is 0 Å². The lowest BCUT2D eigenvalue weighted by molar-refractivity contribution is 0.383. The molecule has 6 nitrogen and oxygen atoms in total. The second kappa shape index (κ2) is 5.07. The first-order valence-electron chi connectivity index (χ1n) is 4.53. The number of sulfonamides is 1. The van der Waals surface area contributed by atoms with Crippen LogP contribution in [0.5, 0.6) is 17.2 Å². The highest BCUT2D eigenvalue weighted by atomic mass is 32.2. The maximum Gasteiger partial charge on any atom is 0.231 e. The van der Waals surface area contributed by atoms with Crippen LogP contribution < -0.4 is 14.6 Å². The summed E-state index contributed by atoms with van der Waals surface area (Å²) in [5.41, 5.74) is 0.377. The fraction of sp³-hybridized carbons (Fsp3) is 0.200. The standard InChI is InChI=1S/C10H13NO5S/c1-15-9-5-7(12)6-10(16-2)8(9)3-4-17(11,13)14/h3-6,12H,1-2H3,(H2,11,13,14)/b4-3+. The zero-order valence-corrected chi connectivity index (χ0v) is 10.2. The van der Waals surface area contributed by atoms with Gasteiger partial charge in [-0.1, -0.05) is 0 Å². The maximum absolute atomic E-state index is 10.8. The van der Waals surface area contributed by atoms with Crippen molar-refractivity contribution in [3.8, 4) is 17.2 Å². The fourth-order valence-corrected chi connectivity index (χ4v) is 1.58. The van der Waals surface area contributed by atoms with Crippen molar-refractivity contribution in [2.24, 2.45) is 5.14 Å². The number of rotatable bonds is 4. The molecule has 0 aliphatic rings. The Balaban J connectivity index is 3.34. The fourth-order valence-electron chi connectivity index (χ4n) is 1.25. The molecule has 0 heterocycles. The van der Waals surface area contributed by atoms with E-state index in [1.54, 1.807) is 0 Å². The Morgan fingerprint density at radius 3 is 2.06 bits per heavy atom. The van der Waals surface area contributed by atoms with Gasteiger partial charge in [-0.05, 0) is 6.08 Å². The minimum atomic E-state index is -3.74. The number of phenolic OH excluding ortho intramolecular Hbond substituents is 1. The molecule has 94 valence electrons. The smallest absolute Gasteiger partial charge is 0.231 e. The molecule has 17 heavy (non-hydrogen) atoms. The van der Waals surface area contributed by atoms with Gasteiger partial charge in [-0.2, -0.15) is 0 Å². The summed E-state index contributed by atoms with van der Waals surface area (Å²) >= 11 is 0. The summed E-state index contributed by atoms with van der Waals surface area (Å²) < 4.78 is 31.7. The third kappa shape index (κ3) is 3.65. The van der Waals surface area contributed by atoms with Crippen LogP contribution in [0.25, 0.3) is 6.08 Å². The second-order valence-corrected chi connectivity index (χ2v) is 4.61. The number of methoxy groups -OCH3 is 2. The van der Waals surface area contributed by atoms with Gasteiger partial charge < -0.3 is 14.6 Å². The number of phenols is 1.